The van der Waals surface area contributed by atoms with Gasteiger partial charge in [0, 0.05) is 17.1 Å². The van der Waals surface area contributed by atoms with Crippen molar-refractivity contribution in [3.63, 3.8) is 0 Å². The summed E-state index contributed by atoms with van der Waals surface area (Å²) < 4.78 is 5.64. The molecular formula is C19H23N5O4S. The predicted octanol–water partition coefficient (Wildman–Crippen LogP) is 2.58. The van der Waals surface area contributed by atoms with Gasteiger partial charge in [-0.1, -0.05) is 12.1 Å². The van der Waals surface area contributed by atoms with E-state index >= 15 is 0 Å². The number of nitrogen functional groups attached to an aromatic ring is 1. The van der Waals surface area contributed by atoms with Gasteiger partial charge >= 0.3 is 18.0 Å². The number of benzene rings is 1. The highest BCUT2D eigenvalue weighted by Crippen LogP contribution is 2.36. The highest BCUT2D eigenvalue weighted by atomic mass is 32.1. The first-order valence-corrected chi connectivity index (χ1v) is 9.96. The van der Waals surface area contributed by atoms with Crippen LogP contribution in [0.3, 0.4) is 0 Å². The zero-order valence-corrected chi connectivity index (χ0v) is 16.5. The summed E-state index contributed by atoms with van der Waals surface area (Å²) in [4.78, 5) is 38.2. The number of urea groups is 2. The smallest absolute Gasteiger partial charge is 0.350 e. The monoisotopic (exact) mass is 417 g/mol. The van der Waals surface area contributed by atoms with Crippen LogP contribution in [0, 0.1) is 0 Å². The van der Waals surface area contributed by atoms with Crippen LogP contribution in [0.4, 0.5) is 21.0 Å². The fraction of sp³-hybridized carbons (Fsp3) is 0.316. The van der Waals surface area contributed by atoms with E-state index in [0.29, 0.717) is 18.7 Å². The van der Waals surface area contributed by atoms with E-state index < -0.39 is 24.1 Å². The maximum absolute atomic E-state index is 12.9. The molecule has 0 aliphatic carbocycles. The van der Waals surface area contributed by atoms with Gasteiger partial charge in [0.25, 0.3) is 0 Å². The van der Waals surface area contributed by atoms with E-state index in [2.05, 4.69) is 5.32 Å². The number of nitrogens with one attached hydrogen (secondary N) is 1. The summed E-state index contributed by atoms with van der Waals surface area (Å²) in [7, 11) is 0. The summed E-state index contributed by atoms with van der Waals surface area (Å²) in [5.41, 5.74) is 18.1. The number of esters is 1. The minimum atomic E-state index is -0.787. The predicted molar refractivity (Wildman–Crippen MR) is 112 cm³/mol. The van der Waals surface area contributed by atoms with Gasteiger partial charge in [-0.05, 0) is 43.0 Å². The number of rotatable bonds is 4. The van der Waals surface area contributed by atoms with E-state index in [0.717, 1.165) is 23.3 Å². The molecule has 0 radical (unpaired) electrons. The first-order chi connectivity index (χ1) is 13.8. The van der Waals surface area contributed by atoms with Crippen LogP contribution in [-0.4, -0.2) is 42.1 Å². The van der Waals surface area contributed by atoms with Crippen molar-refractivity contribution >= 4 is 40.7 Å². The van der Waals surface area contributed by atoms with Gasteiger partial charge in [0.05, 0.1) is 12.2 Å². The van der Waals surface area contributed by atoms with Crippen molar-refractivity contribution in [1.29, 1.82) is 0 Å². The molecule has 154 valence electrons. The third kappa shape index (κ3) is 5.17. The molecule has 3 rings (SSSR count). The average molecular weight is 417 g/mol. The van der Waals surface area contributed by atoms with Crippen LogP contribution in [0.2, 0.25) is 0 Å². The number of thiophene rings is 1. The second kappa shape index (κ2) is 8.82. The Balaban J connectivity index is 1.84. The van der Waals surface area contributed by atoms with E-state index in [4.69, 9.17) is 21.9 Å². The van der Waals surface area contributed by atoms with Crippen LogP contribution >= 0.6 is 11.3 Å². The summed E-state index contributed by atoms with van der Waals surface area (Å²) in [6.45, 7) is 0.781. The third-order valence-corrected chi connectivity index (χ3v) is 5.72. The number of likely N-dealkylation sites (tertiary alicyclic amines) is 1. The fourth-order valence-corrected chi connectivity index (χ4v) is 4.20. The Bertz CT molecular complexity index is 929. The quantitative estimate of drug-likeness (QED) is 0.445. The van der Waals surface area contributed by atoms with Gasteiger partial charge in [-0.3, -0.25) is 0 Å². The number of amides is 4. The van der Waals surface area contributed by atoms with Crippen molar-refractivity contribution in [3.8, 4) is 10.4 Å². The summed E-state index contributed by atoms with van der Waals surface area (Å²) >= 11 is 1.17. The molecule has 1 aromatic carbocycles. The average Bonchev–Trinajstić information content (AvgIpc) is 2.92. The lowest BCUT2D eigenvalue weighted by molar-refractivity contribution is 0.0247. The molecule has 1 unspecified atom stereocenters. The van der Waals surface area contributed by atoms with Crippen molar-refractivity contribution in [2.24, 2.45) is 11.5 Å². The largest absolute Gasteiger partial charge is 0.456 e. The molecule has 1 aliphatic rings. The molecule has 1 saturated heterocycles. The van der Waals surface area contributed by atoms with E-state index in [-0.39, 0.29) is 17.1 Å². The van der Waals surface area contributed by atoms with Crippen molar-refractivity contribution in [3.05, 3.63) is 35.2 Å². The maximum Gasteiger partial charge on any atom is 0.350 e. The minimum Gasteiger partial charge on any atom is -0.456 e. The Morgan fingerprint density at radius 2 is 1.97 bits per heavy atom. The SMILES string of the molecule is NC(=O)Nc1cc(-c2cccc(N)c2)sc1C(=O)OC1CCCCN(C(N)=O)C1. The van der Waals surface area contributed by atoms with Crippen LogP contribution in [0.15, 0.2) is 30.3 Å². The number of hydrogen-bond donors (Lipinski definition) is 4. The molecule has 2 heterocycles. The number of ether oxygens (including phenoxy) is 1. The number of primary amides is 2. The number of hydrogen-bond acceptors (Lipinski definition) is 6. The number of nitrogens with zero attached hydrogens (tertiary/aromatic N) is 1. The Morgan fingerprint density at radius 1 is 1.17 bits per heavy atom. The van der Waals surface area contributed by atoms with Crippen molar-refractivity contribution in [1.82, 2.24) is 4.90 Å². The van der Waals surface area contributed by atoms with Gasteiger partial charge in [0.2, 0.25) is 0 Å². The molecule has 2 aromatic rings. The summed E-state index contributed by atoms with van der Waals surface area (Å²) in [6.07, 6.45) is 1.76. The molecule has 1 fully saturated rings. The second-order valence-corrected chi connectivity index (χ2v) is 7.83. The lowest BCUT2D eigenvalue weighted by Crippen LogP contribution is -2.41. The van der Waals surface area contributed by atoms with Gasteiger partial charge in [-0.2, -0.15) is 0 Å². The second-order valence-electron chi connectivity index (χ2n) is 6.78. The topological polar surface area (TPSA) is 154 Å². The van der Waals surface area contributed by atoms with Crippen LogP contribution in [-0.2, 0) is 4.74 Å². The van der Waals surface area contributed by atoms with Gasteiger partial charge in [-0.25, -0.2) is 14.4 Å². The molecule has 0 bridgehead atoms. The molecule has 29 heavy (non-hydrogen) atoms. The Labute approximate surface area is 171 Å². The Kier molecular flexibility index (Phi) is 6.23. The van der Waals surface area contributed by atoms with Crippen LogP contribution < -0.4 is 22.5 Å². The Hall–Kier alpha value is -3.27. The van der Waals surface area contributed by atoms with Crippen molar-refractivity contribution < 1.29 is 19.1 Å². The summed E-state index contributed by atoms with van der Waals surface area (Å²) in [5, 5.41) is 2.47. The van der Waals surface area contributed by atoms with Crippen LogP contribution in [0.25, 0.3) is 10.4 Å². The minimum absolute atomic E-state index is 0.219. The molecule has 10 heteroatoms. The zero-order chi connectivity index (χ0) is 21.0. The highest BCUT2D eigenvalue weighted by Gasteiger charge is 2.26. The fourth-order valence-electron chi connectivity index (χ4n) is 3.21. The molecule has 0 saturated carbocycles. The standard InChI is InChI=1S/C19H23N5O4S/c20-12-5-3-4-11(8-12)15-9-14(23-18(21)26)16(29-15)17(25)28-13-6-1-2-7-24(10-13)19(22)27/h3-5,8-9,13H,1-2,6-7,10,20H2,(H2,22,27)(H3,21,23,26). The van der Waals surface area contributed by atoms with Crippen molar-refractivity contribution in [2.45, 2.75) is 25.4 Å². The first kappa shape index (κ1) is 20.5. The van der Waals surface area contributed by atoms with E-state index in [9.17, 15) is 14.4 Å². The molecule has 4 amide bonds. The molecule has 0 spiro atoms. The third-order valence-electron chi connectivity index (χ3n) is 4.56. The number of carbonyl (C=O) groups is 3. The number of nitrogens with two attached hydrogens (primary N) is 3. The lowest BCUT2D eigenvalue weighted by Gasteiger charge is -2.22. The molecule has 1 aromatic heterocycles. The Morgan fingerprint density at radius 3 is 2.66 bits per heavy atom. The van der Waals surface area contributed by atoms with Gasteiger partial charge in [0.15, 0.2) is 0 Å². The lowest BCUT2D eigenvalue weighted by atomic mass is 10.1. The molecule has 1 atom stereocenters. The van der Waals surface area contributed by atoms with Crippen LogP contribution in [0.5, 0.6) is 0 Å². The highest BCUT2D eigenvalue weighted by molar-refractivity contribution is 7.18. The van der Waals surface area contributed by atoms with E-state index in [1.165, 1.54) is 16.2 Å². The molecule has 1 aliphatic heterocycles. The first-order valence-electron chi connectivity index (χ1n) is 9.15. The number of anilines is 2. The maximum atomic E-state index is 12.9. The van der Waals surface area contributed by atoms with Gasteiger partial charge in [-0.15, -0.1) is 11.3 Å². The van der Waals surface area contributed by atoms with E-state index in [1.54, 1.807) is 24.3 Å². The zero-order valence-electron chi connectivity index (χ0n) is 15.7. The van der Waals surface area contributed by atoms with Gasteiger partial charge in [0.1, 0.15) is 11.0 Å². The molecule has 7 N–H and O–H groups in total. The van der Waals surface area contributed by atoms with E-state index in [1.807, 2.05) is 6.07 Å². The van der Waals surface area contributed by atoms with Crippen LogP contribution in [0.1, 0.15) is 28.9 Å². The number of carbonyl (C=O) groups excluding carboxylic acids is 3. The summed E-state index contributed by atoms with van der Waals surface area (Å²) in [6, 6.07) is 7.50. The van der Waals surface area contributed by atoms with Gasteiger partial charge < -0.3 is 32.2 Å². The normalized spacial score (nSPS) is 16.7. The summed E-state index contributed by atoms with van der Waals surface area (Å²) in [5.74, 6) is -0.592. The molecular weight excluding hydrogens is 394 g/mol. The molecule has 9 nitrogen and oxygen atoms in total. The van der Waals surface area contributed by atoms with Crippen molar-refractivity contribution in [2.75, 3.05) is 24.1 Å².